The first-order chi connectivity index (χ1) is 5.81. The van der Waals surface area contributed by atoms with Crippen LogP contribution >= 0.6 is 41.5 Å². The number of fused-ring (bicyclic) bond motifs is 1. The Balaban J connectivity index is 2.00. The van der Waals surface area contributed by atoms with Crippen LogP contribution < -0.4 is 17.5 Å². The maximum atomic E-state index is 2.74. The predicted octanol–water partition coefficient (Wildman–Crippen LogP) is -0.913. The second-order valence-electron chi connectivity index (χ2n) is 3.46. The summed E-state index contributed by atoms with van der Waals surface area (Å²) in [4.78, 5) is 0. The van der Waals surface area contributed by atoms with Crippen molar-refractivity contribution in [3.05, 3.63) is 0 Å². The standard InChI is InChI=1S/C7H12I3N2/c8-10-12-4-2-6-1-3-11(9)5-7(6)12/h6-7H,1-5H2/q-1/t6-,7-/m0/s1. The molecule has 0 aliphatic carbocycles. The van der Waals surface area contributed by atoms with Gasteiger partial charge in [0.1, 0.15) is 0 Å². The molecule has 0 aromatic heterocycles. The van der Waals surface area contributed by atoms with Crippen LogP contribution in [0.4, 0.5) is 0 Å². The van der Waals surface area contributed by atoms with Crippen molar-refractivity contribution in [2.75, 3.05) is 19.6 Å². The maximum absolute atomic E-state index is 2.74. The van der Waals surface area contributed by atoms with Crippen molar-refractivity contribution in [3.63, 3.8) is 0 Å². The van der Waals surface area contributed by atoms with Crippen LogP contribution in [-0.2, 0) is 0 Å². The van der Waals surface area contributed by atoms with Crippen LogP contribution in [0.5, 0.6) is 0 Å². The fourth-order valence-corrected chi connectivity index (χ4v) is 7.21. The molecule has 5 heteroatoms. The zero-order valence-corrected chi connectivity index (χ0v) is 13.2. The molecule has 2 saturated heterocycles. The summed E-state index contributed by atoms with van der Waals surface area (Å²) in [6, 6.07) is 0.917. The second-order valence-corrected chi connectivity index (χ2v) is 8.88. The van der Waals surface area contributed by atoms with Gasteiger partial charge in [0.2, 0.25) is 0 Å². The third kappa shape index (κ3) is 2.19. The molecule has 0 aromatic rings. The number of piperidine rings is 1. The molecule has 0 bridgehead atoms. The summed E-state index contributed by atoms with van der Waals surface area (Å²) in [5.41, 5.74) is 0. The van der Waals surface area contributed by atoms with Gasteiger partial charge in [-0.05, 0) is 0 Å². The van der Waals surface area contributed by atoms with Crippen molar-refractivity contribution in [1.29, 1.82) is 0 Å². The first kappa shape index (κ1) is 10.6. The molecule has 0 saturated carbocycles. The fraction of sp³-hybridized carbons (Fsp3) is 1.00. The molecule has 0 unspecified atom stereocenters. The van der Waals surface area contributed by atoms with E-state index >= 15 is 0 Å². The zero-order chi connectivity index (χ0) is 8.55. The monoisotopic (exact) mass is 505 g/mol. The van der Waals surface area contributed by atoms with E-state index in [1.807, 2.05) is 0 Å². The average molecular weight is 505 g/mol. The summed E-state index contributed by atoms with van der Waals surface area (Å²) in [6.45, 7) is 4.01. The molecule has 2 nitrogen and oxygen atoms in total. The quantitative estimate of drug-likeness (QED) is 0.337. The summed E-state index contributed by atoms with van der Waals surface area (Å²) in [6.07, 6.45) is 2.91. The van der Waals surface area contributed by atoms with E-state index in [1.54, 1.807) is 0 Å². The van der Waals surface area contributed by atoms with Crippen LogP contribution in [0, 0.1) is 5.92 Å². The van der Waals surface area contributed by atoms with Crippen LogP contribution in [0.25, 0.3) is 0 Å². The predicted molar refractivity (Wildman–Crippen MR) is 62.8 cm³/mol. The Morgan fingerprint density at radius 3 is 2.75 bits per heavy atom. The van der Waals surface area contributed by atoms with Crippen molar-refractivity contribution in [2.24, 2.45) is 5.92 Å². The van der Waals surface area contributed by atoms with Crippen molar-refractivity contribution in [2.45, 2.75) is 18.9 Å². The Hall–Kier alpha value is 2.11. The van der Waals surface area contributed by atoms with Crippen LogP contribution in [0.15, 0.2) is 0 Å². The van der Waals surface area contributed by atoms with Crippen molar-refractivity contribution >= 4 is 41.5 Å². The molecule has 2 rings (SSSR count). The first-order valence-electron chi connectivity index (χ1n) is 4.25. The molecule has 2 aliphatic heterocycles. The van der Waals surface area contributed by atoms with E-state index in [1.165, 1.54) is 32.5 Å². The van der Waals surface area contributed by atoms with Crippen molar-refractivity contribution in [3.8, 4) is 0 Å². The number of hydrogen-bond donors (Lipinski definition) is 0. The minimum absolute atomic E-state index is 0.312. The number of halogens is 3. The molecule has 2 heterocycles. The third-order valence-corrected chi connectivity index (χ3v) is 8.51. The van der Waals surface area contributed by atoms with Crippen molar-refractivity contribution < 1.29 is 17.5 Å². The third-order valence-electron chi connectivity index (χ3n) is 2.83. The molecule has 12 heavy (non-hydrogen) atoms. The molecular formula is C7H12I3N2-. The van der Waals surface area contributed by atoms with Gasteiger partial charge in [-0.1, -0.05) is 0 Å². The fourth-order valence-electron chi connectivity index (χ4n) is 2.13. The first-order valence-corrected chi connectivity index (χ1v) is 12.5. The van der Waals surface area contributed by atoms with E-state index in [2.05, 4.69) is 47.7 Å². The molecule has 0 amide bonds. The molecule has 2 fully saturated rings. The summed E-state index contributed by atoms with van der Waals surface area (Å²) >= 11 is 5.39. The van der Waals surface area contributed by atoms with E-state index in [9.17, 15) is 0 Å². The molecule has 2 atom stereocenters. The number of rotatable bonds is 1. The average Bonchev–Trinajstić information content (AvgIpc) is 2.46. The number of hydrogen-bond acceptors (Lipinski definition) is 2. The van der Waals surface area contributed by atoms with Crippen LogP contribution in [0.1, 0.15) is 12.8 Å². The number of nitrogens with zero attached hydrogens (tertiary/aromatic N) is 2. The summed E-state index contributed by atoms with van der Waals surface area (Å²) in [5, 5.41) is 0. The van der Waals surface area contributed by atoms with Gasteiger partial charge in [-0.25, -0.2) is 0 Å². The van der Waals surface area contributed by atoms with Gasteiger partial charge in [0, 0.05) is 0 Å². The Labute approximate surface area is 108 Å². The molecule has 0 spiro atoms. The summed E-state index contributed by atoms with van der Waals surface area (Å²) < 4.78 is 5.21. The van der Waals surface area contributed by atoms with Gasteiger partial charge in [0.15, 0.2) is 0 Å². The van der Waals surface area contributed by atoms with Gasteiger partial charge in [0.05, 0.1) is 0 Å². The molecule has 72 valence electrons. The van der Waals surface area contributed by atoms with E-state index < -0.39 is 0 Å². The molecule has 0 N–H and O–H groups in total. The second kappa shape index (κ2) is 4.75. The van der Waals surface area contributed by atoms with Gasteiger partial charge in [-0.2, -0.15) is 0 Å². The summed E-state index contributed by atoms with van der Waals surface area (Å²) in [7, 11) is 0. The molecule has 2 aliphatic rings. The van der Waals surface area contributed by atoms with E-state index in [0.29, 0.717) is 17.5 Å². The van der Waals surface area contributed by atoms with Gasteiger partial charge < -0.3 is 0 Å². The zero-order valence-electron chi connectivity index (χ0n) is 6.72. The van der Waals surface area contributed by atoms with Gasteiger partial charge in [-0.3, -0.25) is 0 Å². The molecule has 0 aromatic carbocycles. The Kier molecular flexibility index (Phi) is 4.21. The molecular weight excluding hydrogens is 493 g/mol. The summed E-state index contributed by atoms with van der Waals surface area (Å²) in [5.74, 6) is 1.03. The van der Waals surface area contributed by atoms with Crippen LogP contribution in [-0.4, -0.2) is 31.9 Å². The Morgan fingerprint density at radius 2 is 2.00 bits per heavy atom. The normalized spacial score (nSPS) is 38.8. The van der Waals surface area contributed by atoms with Gasteiger partial charge in [0.25, 0.3) is 0 Å². The Bertz CT molecular complexity index is 161. The SMILES string of the molecule is I[I-]N1CC[C@@H]2CCN(I)C[C@@H]21. The van der Waals surface area contributed by atoms with E-state index in [-0.39, 0.29) is 0 Å². The van der Waals surface area contributed by atoms with E-state index in [0.717, 1.165) is 12.0 Å². The van der Waals surface area contributed by atoms with Crippen LogP contribution in [0.3, 0.4) is 0 Å². The van der Waals surface area contributed by atoms with Crippen molar-refractivity contribution in [1.82, 2.24) is 6.23 Å². The van der Waals surface area contributed by atoms with Gasteiger partial charge >= 0.3 is 110 Å². The Morgan fingerprint density at radius 1 is 1.25 bits per heavy atom. The van der Waals surface area contributed by atoms with Gasteiger partial charge in [-0.15, -0.1) is 0 Å². The van der Waals surface area contributed by atoms with E-state index in [4.69, 9.17) is 0 Å². The van der Waals surface area contributed by atoms with Crippen LogP contribution in [0.2, 0.25) is 0 Å². The topological polar surface area (TPSA) is 6.48 Å². The minimum atomic E-state index is 0.312. The molecule has 0 radical (unpaired) electrons.